The lowest BCUT2D eigenvalue weighted by atomic mass is 9.95. The van der Waals surface area contributed by atoms with E-state index in [1.807, 2.05) is 13.8 Å². The SMILES string of the molecule is CC#CCCC(O)C(C)(C)N. The molecule has 0 aliphatic carbocycles. The molecular weight excluding hydrogens is 138 g/mol. The molecule has 11 heavy (non-hydrogen) atoms. The van der Waals surface area contributed by atoms with Crippen LogP contribution in [0.15, 0.2) is 0 Å². The highest BCUT2D eigenvalue weighted by Gasteiger charge is 2.21. The zero-order valence-electron chi connectivity index (χ0n) is 7.52. The van der Waals surface area contributed by atoms with Gasteiger partial charge >= 0.3 is 0 Å². The zero-order chi connectivity index (χ0) is 8.91. The van der Waals surface area contributed by atoms with Crippen LogP contribution in [0, 0.1) is 11.8 Å². The van der Waals surface area contributed by atoms with Crippen LogP contribution in [0.5, 0.6) is 0 Å². The Hall–Kier alpha value is -0.520. The predicted octanol–water partition coefficient (Wildman–Crippen LogP) is 0.888. The van der Waals surface area contributed by atoms with Gasteiger partial charge in [0, 0.05) is 12.0 Å². The van der Waals surface area contributed by atoms with E-state index in [0.29, 0.717) is 6.42 Å². The van der Waals surface area contributed by atoms with Gasteiger partial charge in [0.15, 0.2) is 0 Å². The Morgan fingerprint density at radius 2 is 2.09 bits per heavy atom. The first-order chi connectivity index (χ1) is 4.98. The topological polar surface area (TPSA) is 46.2 Å². The van der Waals surface area contributed by atoms with Crippen molar-refractivity contribution >= 4 is 0 Å². The summed E-state index contributed by atoms with van der Waals surface area (Å²) in [6.07, 6.45) is 0.922. The van der Waals surface area contributed by atoms with E-state index >= 15 is 0 Å². The number of hydrogen-bond donors (Lipinski definition) is 2. The maximum Gasteiger partial charge on any atom is 0.0723 e. The van der Waals surface area contributed by atoms with Crippen LogP contribution >= 0.6 is 0 Å². The van der Waals surface area contributed by atoms with E-state index in [1.165, 1.54) is 0 Å². The summed E-state index contributed by atoms with van der Waals surface area (Å²) in [5, 5.41) is 9.42. The molecule has 0 saturated carbocycles. The molecule has 3 N–H and O–H groups in total. The van der Waals surface area contributed by atoms with Crippen LogP contribution in [0.1, 0.15) is 33.6 Å². The van der Waals surface area contributed by atoms with Crippen molar-refractivity contribution in [2.45, 2.75) is 45.3 Å². The summed E-state index contributed by atoms with van der Waals surface area (Å²) >= 11 is 0. The molecule has 64 valence electrons. The fourth-order valence-electron chi connectivity index (χ4n) is 0.706. The molecule has 0 aromatic carbocycles. The normalized spacial score (nSPS) is 13.5. The molecule has 0 aliphatic rings. The number of rotatable bonds is 3. The third-order valence-corrected chi connectivity index (χ3v) is 1.58. The first kappa shape index (κ1) is 10.5. The Morgan fingerprint density at radius 1 is 1.55 bits per heavy atom. The average molecular weight is 155 g/mol. The van der Waals surface area contributed by atoms with E-state index in [2.05, 4.69) is 11.8 Å². The average Bonchev–Trinajstić information content (AvgIpc) is 1.86. The van der Waals surface area contributed by atoms with Gasteiger partial charge in [-0.15, -0.1) is 11.8 Å². The van der Waals surface area contributed by atoms with Crippen molar-refractivity contribution in [3.63, 3.8) is 0 Å². The quantitative estimate of drug-likeness (QED) is 0.594. The molecule has 0 saturated heterocycles. The monoisotopic (exact) mass is 155 g/mol. The van der Waals surface area contributed by atoms with Crippen LogP contribution in [-0.2, 0) is 0 Å². The van der Waals surface area contributed by atoms with Gasteiger partial charge in [-0.25, -0.2) is 0 Å². The summed E-state index contributed by atoms with van der Waals surface area (Å²) in [6, 6.07) is 0. The van der Waals surface area contributed by atoms with Gasteiger partial charge in [-0.1, -0.05) is 0 Å². The highest BCUT2D eigenvalue weighted by atomic mass is 16.3. The molecule has 0 aromatic rings. The molecule has 0 fully saturated rings. The molecule has 2 heteroatoms. The van der Waals surface area contributed by atoms with Crippen molar-refractivity contribution in [3.8, 4) is 11.8 Å². The van der Waals surface area contributed by atoms with Crippen LogP contribution in [0.2, 0.25) is 0 Å². The van der Waals surface area contributed by atoms with Crippen LogP contribution in [0.25, 0.3) is 0 Å². The van der Waals surface area contributed by atoms with E-state index in [-0.39, 0.29) is 0 Å². The second-order valence-electron chi connectivity index (χ2n) is 3.30. The van der Waals surface area contributed by atoms with E-state index in [9.17, 15) is 5.11 Å². The molecule has 0 amide bonds. The zero-order valence-corrected chi connectivity index (χ0v) is 7.52. The summed E-state index contributed by atoms with van der Waals surface area (Å²) in [4.78, 5) is 0. The van der Waals surface area contributed by atoms with E-state index in [0.717, 1.165) is 6.42 Å². The molecular formula is C9H17NO. The summed E-state index contributed by atoms with van der Waals surface area (Å²) in [7, 11) is 0. The summed E-state index contributed by atoms with van der Waals surface area (Å²) < 4.78 is 0. The minimum atomic E-state index is -0.505. The molecule has 0 aliphatic heterocycles. The molecule has 1 unspecified atom stereocenters. The molecule has 0 heterocycles. The molecule has 2 nitrogen and oxygen atoms in total. The Morgan fingerprint density at radius 3 is 2.45 bits per heavy atom. The minimum Gasteiger partial charge on any atom is -0.391 e. The molecule has 0 aromatic heterocycles. The number of nitrogens with two attached hydrogens (primary N) is 1. The first-order valence-electron chi connectivity index (χ1n) is 3.85. The lowest BCUT2D eigenvalue weighted by Gasteiger charge is -2.24. The Kier molecular flexibility index (Phi) is 4.17. The van der Waals surface area contributed by atoms with E-state index in [4.69, 9.17) is 5.73 Å². The second kappa shape index (κ2) is 4.38. The smallest absolute Gasteiger partial charge is 0.0723 e. The van der Waals surface area contributed by atoms with Gasteiger partial charge in [0.25, 0.3) is 0 Å². The van der Waals surface area contributed by atoms with Crippen LogP contribution in [0.3, 0.4) is 0 Å². The lowest BCUT2D eigenvalue weighted by molar-refractivity contribution is 0.0968. The van der Waals surface area contributed by atoms with Gasteiger partial charge < -0.3 is 10.8 Å². The van der Waals surface area contributed by atoms with Crippen LogP contribution in [0.4, 0.5) is 0 Å². The van der Waals surface area contributed by atoms with Gasteiger partial charge in [-0.05, 0) is 27.2 Å². The van der Waals surface area contributed by atoms with Crippen molar-refractivity contribution < 1.29 is 5.11 Å². The summed E-state index contributed by atoms with van der Waals surface area (Å²) in [5.74, 6) is 5.66. The maximum atomic E-state index is 9.42. The first-order valence-corrected chi connectivity index (χ1v) is 3.85. The van der Waals surface area contributed by atoms with Crippen molar-refractivity contribution in [2.75, 3.05) is 0 Å². The van der Waals surface area contributed by atoms with Crippen molar-refractivity contribution in [1.29, 1.82) is 0 Å². The van der Waals surface area contributed by atoms with Crippen LogP contribution in [-0.4, -0.2) is 16.7 Å². The van der Waals surface area contributed by atoms with Crippen molar-refractivity contribution in [2.24, 2.45) is 5.73 Å². The highest BCUT2D eigenvalue weighted by molar-refractivity contribution is 4.96. The van der Waals surface area contributed by atoms with E-state index < -0.39 is 11.6 Å². The number of hydrogen-bond acceptors (Lipinski definition) is 2. The largest absolute Gasteiger partial charge is 0.391 e. The minimum absolute atomic E-state index is 0.455. The third-order valence-electron chi connectivity index (χ3n) is 1.58. The van der Waals surface area contributed by atoms with Crippen molar-refractivity contribution in [1.82, 2.24) is 0 Å². The Balaban J connectivity index is 3.67. The molecule has 1 atom stereocenters. The fraction of sp³-hybridized carbons (Fsp3) is 0.778. The Labute approximate surface area is 68.8 Å². The summed E-state index contributed by atoms with van der Waals surface area (Å²) in [6.45, 7) is 5.42. The predicted molar refractivity (Wildman–Crippen MR) is 47.0 cm³/mol. The standard InChI is InChI=1S/C9H17NO/c1-4-5-6-7-8(11)9(2,3)10/h8,11H,6-7,10H2,1-3H3. The van der Waals surface area contributed by atoms with Gasteiger partial charge in [-0.2, -0.15) is 0 Å². The fourth-order valence-corrected chi connectivity index (χ4v) is 0.706. The highest BCUT2D eigenvalue weighted by Crippen LogP contribution is 2.09. The van der Waals surface area contributed by atoms with Gasteiger partial charge in [-0.3, -0.25) is 0 Å². The lowest BCUT2D eigenvalue weighted by Crippen LogP contribution is -2.44. The van der Waals surface area contributed by atoms with Gasteiger partial charge in [0.05, 0.1) is 6.10 Å². The summed E-state index contributed by atoms with van der Waals surface area (Å²) in [5.41, 5.74) is 5.16. The molecule has 0 radical (unpaired) electrons. The number of aliphatic hydroxyl groups excluding tert-OH is 1. The van der Waals surface area contributed by atoms with Gasteiger partial charge in [0.1, 0.15) is 0 Å². The maximum absolute atomic E-state index is 9.42. The third kappa shape index (κ3) is 4.83. The van der Waals surface area contributed by atoms with E-state index in [1.54, 1.807) is 6.92 Å². The molecule has 0 bridgehead atoms. The molecule has 0 spiro atoms. The van der Waals surface area contributed by atoms with Crippen LogP contribution < -0.4 is 5.73 Å². The van der Waals surface area contributed by atoms with Gasteiger partial charge in [0.2, 0.25) is 0 Å². The van der Waals surface area contributed by atoms with Crippen molar-refractivity contribution in [3.05, 3.63) is 0 Å². The molecule has 0 rings (SSSR count). The number of aliphatic hydroxyl groups is 1. The second-order valence-corrected chi connectivity index (χ2v) is 3.30. The Bertz CT molecular complexity index is 159.